The minimum atomic E-state index is -0.330. The number of methoxy groups -OCH3 is 1. The van der Waals surface area contributed by atoms with Crippen molar-refractivity contribution in [2.45, 2.75) is 0 Å². The fourth-order valence-corrected chi connectivity index (χ4v) is 4.30. The second-order valence-corrected chi connectivity index (χ2v) is 9.29. The van der Waals surface area contributed by atoms with E-state index in [2.05, 4.69) is 27.2 Å². The Morgan fingerprint density at radius 3 is 2.85 bits per heavy atom. The molecule has 3 aromatic rings. The van der Waals surface area contributed by atoms with Crippen LogP contribution in [0.3, 0.4) is 0 Å². The molecule has 2 N–H and O–H groups in total. The minimum Gasteiger partial charge on any atom is -0.494 e. The van der Waals surface area contributed by atoms with Gasteiger partial charge in [-0.3, -0.25) is 24.4 Å². The monoisotopic (exact) mass is 542 g/mol. The van der Waals surface area contributed by atoms with E-state index in [0.29, 0.717) is 65.6 Å². The summed E-state index contributed by atoms with van der Waals surface area (Å²) in [7, 11) is 5.54. The van der Waals surface area contributed by atoms with Crippen LogP contribution in [-0.4, -0.2) is 85.0 Å². The summed E-state index contributed by atoms with van der Waals surface area (Å²) in [5.74, 6) is 1.77. The lowest BCUT2D eigenvalue weighted by Gasteiger charge is -2.35. The standard InChI is InChI=1S/C28H30N8O4/c1-5-24(37)31-18-7-6-8-19(15-18)36-25-21(26(38)35-12-11-29-28(35)36)17-30-27(33-25)32-22-10-9-20(16-23(22)39-4)40-14-13-34(2)3/h5-10,15-17H,1,11-14H2,2-4H3,(H,31,37)(H,30,32,33). The molecule has 0 radical (unpaired) electrons. The molecule has 0 bridgehead atoms. The zero-order valence-corrected chi connectivity index (χ0v) is 22.5. The third kappa shape index (κ3) is 5.43. The zero-order valence-electron chi connectivity index (χ0n) is 22.5. The molecular formula is C28H30N8O4. The number of hydrogen-bond acceptors (Lipinski definition) is 10. The Balaban J connectivity index is 1.48. The third-order valence-corrected chi connectivity index (χ3v) is 6.26. The summed E-state index contributed by atoms with van der Waals surface area (Å²) in [6, 6.07) is 12.7. The van der Waals surface area contributed by atoms with Gasteiger partial charge in [-0.2, -0.15) is 4.98 Å². The Hall–Kier alpha value is -4.97. The van der Waals surface area contributed by atoms with Crippen LogP contribution in [0.2, 0.25) is 0 Å². The van der Waals surface area contributed by atoms with Gasteiger partial charge in [0.05, 0.1) is 25.0 Å². The Labute approximate surface area is 231 Å². The van der Waals surface area contributed by atoms with Crippen molar-refractivity contribution in [3.05, 3.63) is 66.9 Å². The molecule has 0 saturated carbocycles. The fraction of sp³-hybridized carbons (Fsp3) is 0.250. The van der Waals surface area contributed by atoms with Crippen LogP contribution in [0.1, 0.15) is 10.4 Å². The number of benzene rings is 2. The average molecular weight is 543 g/mol. The summed E-state index contributed by atoms with van der Waals surface area (Å²) in [5.41, 5.74) is 2.20. The number of amides is 2. The van der Waals surface area contributed by atoms with Crippen molar-refractivity contribution in [3.8, 4) is 11.5 Å². The zero-order chi connectivity index (χ0) is 28.2. The summed E-state index contributed by atoms with van der Waals surface area (Å²) in [6.07, 6.45) is 2.70. The van der Waals surface area contributed by atoms with E-state index in [-0.39, 0.29) is 17.8 Å². The lowest BCUT2D eigenvalue weighted by molar-refractivity contribution is -0.111. The lowest BCUT2D eigenvalue weighted by Crippen LogP contribution is -2.48. The number of hydrogen-bond donors (Lipinski definition) is 2. The fourth-order valence-electron chi connectivity index (χ4n) is 4.30. The van der Waals surface area contributed by atoms with E-state index in [0.717, 1.165) is 6.54 Å². The van der Waals surface area contributed by atoms with Gasteiger partial charge in [0, 0.05) is 31.0 Å². The lowest BCUT2D eigenvalue weighted by atomic mass is 10.1. The van der Waals surface area contributed by atoms with E-state index in [1.165, 1.54) is 12.3 Å². The van der Waals surface area contributed by atoms with E-state index in [9.17, 15) is 9.59 Å². The number of nitrogens with zero attached hydrogens (tertiary/aromatic N) is 6. The molecule has 1 aromatic heterocycles. The number of nitrogens with one attached hydrogen (secondary N) is 2. The van der Waals surface area contributed by atoms with Gasteiger partial charge in [-0.15, -0.1) is 0 Å². The number of aromatic nitrogens is 2. The molecule has 3 heterocycles. The second-order valence-electron chi connectivity index (χ2n) is 9.29. The summed E-state index contributed by atoms with van der Waals surface area (Å²) in [6.45, 7) is 5.76. The van der Waals surface area contributed by atoms with Gasteiger partial charge in [-0.05, 0) is 50.5 Å². The SMILES string of the molecule is C=CC(=O)Nc1cccc(N2C3=NCCN3C(=O)c3cnc(Nc4ccc(OCCN(C)C)cc4OC)nc32)c1. The largest absolute Gasteiger partial charge is 0.494 e. The van der Waals surface area contributed by atoms with Crippen molar-refractivity contribution >= 4 is 46.6 Å². The quantitative estimate of drug-likeness (QED) is 0.372. The molecule has 0 aliphatic carbocycles. The van der Waals surface area contributed by atoms with Gasteiger partial charge in [-0.25, -0.2) is 4.98 Å². The Morgan fingerprint density at radius 2 is 2.08 bits per heavy atom. The molecule has 40 heavy (non-hydrogen) atoms. The van der Waals surface area contributed by atoms with Crippen molar-refractivity contribution in [2.75, 3.05) is 63.0 Å². The van der Waals surface area contributed by atoms with Crippen LogP contribution in [0.5, 0.6) is 11.5 Å². The summed E-state index contributed by atoms with van der Waals surface area (Å²) >= 11 is 0. The number of likely N-dealkylation sites (N-methyl/N-ethyl adjacent to an activating group) is 1. The van der Waals surface area contributed by atoms with Crippen molar-refractivity contribution in [2.24, 2.45) is 4.99 Å². The number of anilines is 5. The van der Waals surface area contributed by atoms with E-state index >= 15 is 0 Å². The molecule has 206 valence electrons. The van der Waals surface area contributed by atoms with Crippen LogP contribution in [0.15, 0.2) is 66.3 Å². The Bertz CT molecular complexity index is 1490. The molecule has 0 fully saturated rings. The van der Waals surface area contributed by atoms with Crippen molar-refractivity contribution in [1.82, 2.24) is 19.8 Å². The topological polar surface area (TPSA) is 125 Å². The van der Waals surface area contributed by atoms with Gasteiger partial charge in [-0.1, -0.05) is 12.6 Å². The highest BCUT2D eigenvalue weighted by Crippen LogP contribution is 2.37. The van der Waals surface area contributed by atoms with E-state index in [1.54, 1.807) is 41.2 Å². The third-order valence-electron chi connectivity index (χ3n) is 6.26. The first-order chi connectivity index (χ1) is 19.4. The van der Waals surface area contributed by atoms with Crippen molar-refractivity contribution in [1.29, 1.82) is 0 Å². The average Bonchev–Trinajstić information content (AvgIpc) is 3.44. The van der Waals surface area contributed by atoms with Gasteiger partial charge < -0.3 is 25.0 Å². The molecule has 0 atom stereocenters. The molecule has 2 aromatic carbocycles. The number of carbonyl (C=O) groups excluding carboxylic acids is 2. The molecule has 2 amide bonds. The number of aliphatic imine (C=N–C) groups is 1. The maximum atomic E-state index is 13.3. The first-order valence-electron chi connectivity index (χ1n) is 12.7. The minimum absolute atomic E-state index is 0.220. The Kier molecular flexibility index (Phi) is 7.60. The normalized spacial score (nSPS) is 13.9. The molecular weight excluding hydrogens is 512 g/mol. The van der Waals surface area contributed by atoms with Crippen LogP contribution in [-0.2, 0) is 4.79 Å². The number of rotatable bonds is 10. The first-order valence-corrected chi connectivity index (χ1v) is 12.7. The predicted molar refractivity (Wildman–Crippen MR) is 153 cm³/mol. The number of ether oxygens (including phenoxy) is 2. The van der Waals surface area contributed by atoms with Gasteiger partial charge in [0.2, 0.25) is 17.8 Å². The van der Waals surface area contributed by atoms with E-state index < -0.39 is 0 Å². The van der Waals surface area contributed by atoms with Crippen LogP contribution in [0, 0.1) is 0 Å². The van der Waals surface area contributed by atoms with E-state index in [1.807, 2.05) is 37.2 Å². The Morgan fingerprint density at radius 1 is 1.23 bits per heavy atom. The molecule has 0 saturated heterocycles. The predicted octanol–water partition coefficient (Wildman–Crippen LogP) is 3.26. The highest BCUT2D eigenvalue weighted by molar-refractivity contribution is 6.21. The van der Waals surface area contributed by atoms with Crippen molar-refractivity contribution in [3.63, 3.8) is 0 Å². The van der Waals surface area contributed by atoms with Crippen LogP contribution in [0.25, 0.3) is 0 Å². The van der Waals surface area contributed by atoms with Crippen LogP contribution < -0.4 is 25.0 Å². The van der Waals surface area contributed by atoms with Gasteiger partial charge in [0.1, 0.15) is 23.7 Å². The molecule has 5 rings (SSSR count). The molecule has 2 aliphatic rings. The number of guanidine groups is 1. The van der Waals surface area contributed by atoms with Crippen LogP contribution >= 0.6 is 0 Å². The van der Waals surface area contributed by atoms with E-state index in [4.69, 9.17) is 14.5 Å². The molecule has 0 unspecified atom stereocenters. The van der Waals surface area contributed by atoms with Gasteiger partial charge >= 0.3 is 0 Å². The first kappa shape index (κ1) is 26.6. The van der Waals surface area contributed by atoms with Crippen molar-refractivity contribution < 1.29 is 19.1 Å². The maximum Gasteiger partial charge on any atom is 0.266 e. The summed E-state index contributed by atoms with van der Waals surface area (Å²) in [4.78, 5) is 44.3. The molecule has 12 nitrogen and oxygen atoms in total. The smallest absolute Gasteiger partial charge is 0.266 e. The number of carbonyl (C=O) groups is 2. The molecule has 0 spiro atoms. The summed E-state index contributed by atoms with van der Waals surface area (Å²) < 4.78 is 11.4. The summed E-state index contributed by atoms with van der Waals surface area (Å²) in [5, 5.41) is 5.96. The molecule has 2 aliphatic heterocycles. The highest BCUT2D eigenvalue weighted by Gasteiger charge is 2.39. The maximum absolute atomic E-state index is 13.3. The highest BCUT2D eigenvalue weighted by atomic mass is 16.5. The molecule has 12 heteroatoms. The second kappa shape index (κ2) is 11.4. The van der Waals surface area contributed by atoms with Gasteiger partial charge in [0.25, 0.3) is 5.91 Å². The number of fused-ring (bicyclic) bond motifs is 2. The van der Waals surface area contributed by atoms with Crippen LogP contribution in [0.4, 0.5) is 28.8 Å². The van der Waals surface area contributed by atoms with Gasteiger partial charge in [0.15, 0.2) is 5.82 Å².